The van der Waals surface area contributed by atoms with E-state index in [1.165, 1.54) is 0 Å². The van der Waals surface area contributed by atoms with Gasteiger partial charge in [0.1, 0.15) is 0 Å². The number of likely N-dealkylation sites (N-methyl/N-ethyl adjacent to an activating group) is 1. The molecule has 1 N–H and O–H groups in total. The van der Waals surface area contributed by atoms with Gasteiger partial charge in [-0.1, -0.05) is 15.9 Å². The fourth-order valence-corrected chi connectivity index (χ4v) is 2.15. The number of anilines is 1. The highest BCUT2D eigenvalue weighted by Crippen LogP contribution is 2.29. The maximum absolute atomic E-state index is 9.81. The van der Waals surface area contributed by atoms with Gasteiger partial charge in [0.15, 0.2) is 0 Å². The second-order valence-corrected chi connectivity index (χ2v) is 5.21. The lowest BCUT2D eigenvalue weighted by Gasteiger charge is -2.29. The molecule has 0 fully saturated rings. The van der Waals surface area contributed by atoms with Crippen LogP contribution in [-0.4, -0.2) is 31.9 Å². The van der Waals surface area contributed by atoms with E-state index in [2.05, 4.69) is 27.8 Å². The molecule has 0 spiro atoms. The Labute approximate surface area is 112 Å². The summed E-state index contributed by atoms with van der Waals surface area (Å²) in [6.07, 6.45) is -0.486. The Kier molecular flexibility index (Phi) is 5.43. The molecule has 0 aliphatic heterocycles. The molecule has 4 heteroatoms. The number of hydrogen-bond acceptors (Lipinski definition) is 3. The number of aliphatic hydroxyl groups is 1. The minimum Gasteiger partial charge on any atom is -0.389 e. The Morgan fingerprint density at radius 2 is 2.06 bits per heavy atom. The molecule has 1 aromatic carbocycles. The average molecular weight is 302 g/mol. The molecule has 0 amide bonds. The van der Waals surface area contributed by atoms with Gasteiger partial charge >= 0.3 is 0 Å². The van der Waals surface area contributed by atoms with Gasteiger partial charge in [-0.2, -0.15) is 0 Å². The number of aliphatic hydroxyl groups excluding tert-OH is 1. The highest BCUT2D eigenvalue weighted by atomic mass is 79.9. The highest BCUT2D eigenvalue weighted by Gasteiger charge is 2.16. The molecule has 0 radical (unpaired) electrons. The third-order valence-electron chi connectivity index (χ3n) is 2.89. The minimum absolute atomic E-state index is 0.263. The van der Waals surface area contributed by atoms with E-state index in [9.17, 15) is 5.11 Å². The van der Waals surface area contributed by atoms with Crippen LogP contribution in [-0.2, 0) is 4.74 Å². The zero-order valence-electron chi connectivity index (χ0n) is 10.8. The van der Waals surface area contributed by atoms with Crippen LogP contribution in [0.2, 0.25) is 0 Å². The van der Waals surface area contributed by atoms with Gasteiger partial charge in [0.05, 0.1) is 12.7 Å². The highest BCUT2D eigenvalue weighted by molar-refractivity contribution is 9.10. The van der Waals surface area contributed by atoms with E-state index in [1.807, 2.05) is 25.2 Å². The van der Waals surface area contributed by atoms with Gasteiger partial charge in [0, 0.05) is 35.9 Å². The first-order valence-electron chi connectivity index (χ1n) is 5.66. The van der Waals surface area contributed by atoms with Gasteiger partial charge < -0.3 is 14.7 Å². The number of benzene rings is 1. The van der Waals surface area contributed by atoms with Gasteiger partial charge in [-0.3, -0.25) is 0 Å². The number of ether oxygens (including phenoxy) is 1. The minimum atomic E-state index is -0.486. The van der Waals surface area contributed by atoms with Crippen LogP contribution in [0.15, 0.2) is 22.7 Å². The molecule has 0 aromatic heterocycles. The summed E-state index contributed by atoms with van der Waals surface area (Å²) >= 11 is 3.43. The standard InChI is InChI=1S/C13H20BrNO2/c1-9(8-17-4)15(3)13-6-5-11(14)7-12(13)10(2)16/h5-7,9-10,16H,8H2,1-4H3. The van der Waals surface area contributed by atoms with Crippen molar-refractivity contribution in [2.24, 2.45) is 0 Å². The lowest BCUT2D eigenvalue weighted by molar-refractivity contribution is 0.182. The summed E-state index contributed by atoms with van der Waals surface area (Å²) < 4.78 is 6.13. The molecule has 0 bridgehead atoms. The van der Waals surface area contributed by atoms with Crippen LogP contribution in [0.25, 0.3) is 0 Å². The molecule has 1 aromatic rings. The Morgan fingerprint density at radius 3 is 2.59 bits per heavy atom. The summed E-state index contributed by atoms with van der Waals surface area (Å²) in [7, 11) is 3.71. The maximum atomic E-state index is 9.81. The molecule has 0 aliphatic carbocycles. The fraction of sp³-hybridized carbons (Fsp3) is 0.538. The number of halogens is 1. The van der Waals surface area contributed by atoms with E-state index >= 15 is 0 Å². The SMILES string of the molecule is COCC(C)N(C)c1ccc(Br)cc1C(C)O. The van der Waals surface area contributed by atoms with Gasteiger partial charge in [0.25, 0.3) is 0 Å². The Bertz CT molecular complexity index is 368. The van der Waals surface area contributed by atoms with Crippen LogP contribution >= 0.6 is 15.9 Å². The first kappa shape index (κ1) is 14.5. The maximum Gasteiger partial charge on any atom is 0.0782 e. The monoisotopic (exact) mass is 301 g/mol. The average Bonchev–Trinajstić information content (AvgIpc) is 2.28. The fourth-order valence-electron chi connectivity index (χ4n) is 1.77. The first-order valence-corrected chi connectivity index (χ1v) is 6.46. The predicted octanol–water partition coefficient (Wildman–Crippen LogP) is 2.97. The summed E-state index contributed by atoms with van der Waals surface area (Å²) in [5.41, 5.74) is 1.96. The number of hydrogen-bond donors (Lipinski definition) is 1. The first-order chi connectivity index (χ1) is 7.97. The second kappa shape index (κ2) is 6.38. The van der Waals surface area contributed by atoms with Crippen molar-refractivity contribution in [1.82, 2.24) is 0 Å². The molecule has 0 saturated heterocycles. The van der Waals surface area contributed by atoms with Crippen LogP contribution in [0.4, 0.5) is 5.69 Å². The Hall–Kier alpha value is -0.580. The third kappa shape index (κ3) is 3.69. The van der Waals surface area contributed by atoms with Gasteiger partial charge in [-0.15, -0.1) is 0 Å². The van der Waals surface area contributed by atoms with E-state index in [1.54, 1.807) is 14.0 Å². The van der Waals surface area contributed by atoms with Crippen molar-refractivity contribution in [2.75, 3.05) is 25.7 Å². The molecule has 2 atom stereocenters. The van der Waals surface area contributed by atoms with Crippen molar-refractivity contribution in [1.29, 1.82) is 0 Å². The zero-order valence-corrected chi connectivity index (χ0v) is 12.4. The topological polar surface area (TPSA) is 32.7 Å². The molecule has 96 valence electrons. The second-order valence-electron chi connectivity index (χ2n) is 4.29. The lowest BCUT2D eigenvalue weighted by atomic mass is 10.1. The largest absolute Gasteiger partial charge is 0.389 e. The summed E-state index contributed by atoms with van der Waals surface area (Å²) in [6.45, 7) is 4.53. The number of nitrogens with zero attached hydrogens (tertiary/aromatic N) is 1. The predicted molar refractivity (Wildman–Crippen MR) is 74.5 cm³/mol. The summed E-state index contributed by atoms with van der Waals surface area (Å²) in [5, 5.41) is 9.81. The summed E-state index contributed by atoms with van der Waals surface area (Å²) in [5.74, 6) is 0. The van der Waals surface area contributed by atoms with Crippen LogP contribution in [0, 0.1) is 0 Å². The summed E-state index contributed by atoms with van der Waals surface area (Å²) in [4.78, 5) is 2.12. The van der Waals surface area contributed by atoms with Crippen LogP contribution < -0.4 is 4.90 Å². The lowest BCUT2D eigenvalue weighted by Crippen LogP contribution is -2.33. The van der Waals surface area contributed by atoms with Gasteiger partial charge in [-0.25, -0.2) is 0 Å². The third-order valence-corrected chi connectivity index (χ3v) is 3.38. The van der Waals surface area contributed by atoms with E-state index in [-0.39, 0.29) is 6.04 Å². The molecule has 17 heavy (non-hydrogen) atoms. The molecule has 0 aliphatic rings. The van der Waals surface area contributed by atoms with Gasteiger partial charge in [-0.05, 0) is 32.0 Å². The number of methoxy groups -OCH3 is 1. The summed E-state index contributed by atoms with van der Waals surface area (Å²) in [6, 6.07) is 6.21. The molecule has 1 rings (SSSR count). The van der Waals surface area contributed by atoms with Crippen molar-refractivity contribution in [3.8, 4) is 0 Å². The smallest absolute Gasteiger partial charge is 0.0782 e. The van der Waals surface area contributed by atoms with Crippen LogP contribution in [0.5, 0.6) is 0 Å². The van der Waals surface area contributed by atoms with Crippen molar-refractivity contribution >= 4 is 21.6 Å². The normalized spacial score (nSPS) is 14.5. The van der Waals surface area contributed by atoms with E-state index in [4.69, 9.17) is 4.74 Å². The molecule has 3 nitrogen and oxygen atoms in total. The molecule has 0 saturated carbocycles. The van der Waals surface area contributed by atoms with Crippen LogP contribution in [0.1, 0.15) is 25.5 Å². The quantitative estimate of drug-likeness (QED) is 0.907. The van der Waals surface area contributed by atoms with Crippen molar-refractivity contribution < 1.29 is 9.84 Å². The Balaban J connectivity index is 3.03. The van der Waals surface area contributed by atoms with E-state index in [0.29, 0.717) is 6.61 Å². The van der Waals surface area contributed by atoms with Crippen LogP contribution in [0.3, 0.4) is 0 Å². The van der Waals surface area contributed by atoms with E-state index in [0.717, 1.165) is 15.7 Å². The molecular weight excluding hydrogens is 282 g/mol. The molecule has 0 heterocycles. The van der Waals surface area contributed by atoms with Crippen molar-refractivity contribution in [2.45, 2.75) is 26.0 Å². The van der Waals surface area contributed by atoms with Crippen molar-refractivity contribution in [3.63, 3.8) is 0 Å². The number of rotatable bonds is 5. The molecule has 2 unspecified atom stereocenters. The zero-order chi connectivity index (χ0) is 13.0. The Morgan fingerprint density at radius 1 is 1.41 bits per heavy atom. The van der Waals surface area contributed by atoms with Gasteiger partial charge in [0.2, 0.25) is 0 Å². The van der Waals surface area contributed by atoms with Crippen molar-refractivity contribution in [3.05, 3.63) is 28.2 Å². The van der Waals surface area contributed by atoms with E-state index < -0.39 is 6.10 Å². The molecular formula is C13H20BrNO2.